The number of thioether (sulfide) groups is 1. The van der Waals surface area contributed by atoms with E-state index in [9.17, 15) is 28.8 Å². The minimum atomic E-state index is -4.89. The molecule has 7 N–H and O–H groups in total. The summed E-state index contributed by atoms with van der Waals surface area (Å²) in [5.41, 5.74) is -1.26. The first-order valence-corrected chi connectivity index (χ1v) is 9.70. The fraction of sp³-hybridized carbons (Fsp3) is 0.667. The second-order valence-corrected chi connectivity index (χ2v) is 7.29. The summed E-state index contributed by atoms with van der Waals surface area (Å²) in [6, 6.07) is 0. The summed E-state index contributed by atoms with van der Waals surface area (Å²) in [6.45, 7) is 2.67. The first-order valence-electron chi connectivity index (χ1n) is 7.05. The number of ether oxygens (including phenoxy) is 1. The van der Waals surface area contributed by atoms with Gasteiger partial charge in [0.05, 0.1) is 17.9 Å². The lowest BCUT2D eigenvalue weighted by Gasteiger charge is -2.39. The van der Waals surface area contributed by atoms with Crippen LogP contribution < -0.4 is 0 Å². The van der Waals surface area contributed by atoms with Crippen LogP contribution in [0.1, 0.15) is 6.42 Å². The van der Waals surface area contributed by atoms with Crippen LogP contribution in [0.25, 0.3) is 0 Å². The molecule has 156 valence electrons. The van der Waals surface area contributed by atoms with Crippen LogP contribution in [-0.4, -0.2) is 91.3 Å². The molecule has 0 aromatic carbocycles. The van der Waals surface area contributed by atoms with Crippen LogP contribution in [-0.2, 0) is 19.4 Å². The summed E-state index contributed by atoms with van der Waals surface area (Å²) in [6.07, 6.45) is -6.29. The summed E-state index contributed by atoms with van der Waals surface area (Å²) in [4.78, 5) is 0. The van der Waals surface area contributed by atoms with E-state index < -0.39 is 53.0 Å². The van der Waals surface area contributed by atoms with E-state index in [2.05, 4.69) is 28.2 Å². The van der Waals surface area contributed by atoms with Gasteiger partial charge >= 0.3 is 10.4 Å². The van der Waals surface area contributed by atoms with Crippen LogP contribution in [0, 0.1) is 5.41 Å². The van der Waals surface area contributed by atoms with Gasteiger partial charge in [0.2, 0.25) is 0 Å². The van der Waals surface area contributed by atoms with Crippen molar-refractivity contribution in [2.24, 2.45) is 5.16 Å². The van der Waals surface area contributed by atoms with Crippen LogP contribution in [0.3, 0.4) is 0 Å². The Morgan fingerprint density at radius 3 is 2.41 bits per heavy atom. The molecule has 12 nitrogen and oxygen atoms in total. The number of aliphatic hydroxyl groups excluding tert-OH is 5. The fourth-order valence-electron chi connectivity index (χ4n) is 1.76. The van der Waals surface area contributed by atoms with E-state index in [-0.39, 0.29) is 11.5 Å². The Labute approximate surface area is 164 Å². The molecule has 1 saturated heterocycles. The van der Waals surface area contributed by atoms with Crippen molar-refractivity contribution < 1.29 is 47.5 Å². The minimum Gasteiger partial charge on any atom is -0.394 e. The highest BCUT2D eigenvalue weighted by molar-refractivity contribution is 8.14. The second kappa shape index (κ2) is 12.5. The molecule has 1 rings (SSSR count). The molecular formula is C12H20N2O10S3. The predicted octanol–water partition coefficient (Wildman–Crippen LogP) is -1.74. The van der Waals surface area contributed by atoms with Gasteiger partial charge in [0.15, 0.2) is 0 Å². The molecule has 0 unspecified atom stereocenters. The van der Waals surface area contributed by atoms with Crippen LogP contribution in [0.2, 0.25) is 0 Å². The van der Waals surface area contributed by atoms with E-state index in [4.69, 9.17) is 19.8 Å². The van der Waals surface area contributed by atoms with Gasteiger partial charge in [0.1, 0.15) is 34.9 Å². The Hall–Kier alpha value is -0.970. The molecule has 0 aliphatic carbocycles. The van der Waals surface area contributed by atoms with Crippen molar-refractivity contribution in [3.05, 3.63) is 12.7 Å². The molecule has 1 heterocycles. The van der Waals surface area contributed by atoms with Crippen molar-refractivity contribution in [2.75, 3.05) is 6.61 Å². The molecule has 6 atom stereocenters. The predicted molar refractivity (Wildman–Crippen MR) is 97.6 cm³/mol. The SMILES string of the molecule is C=C[C@H](O)CC(=NOS(=O)(=O)O)S[C@@H]1O[C@H](CO)[C@@H](O)[C@H](O)[C@H]1O.N=C=S. The van der Waals surface area contributed by atoms with E-state index in [0.717, 1.165) is 6.08 Å². The zero-order valence-corrected chi connectivity index (χ0v) is 16.1. The van der Waals surface area contributed by atoms with Gasteiger partial charge in [0, 0.05) is 6.42 Å². The average molecular weight is 448 g/mol. The summed E-state index contributed by atoms with van der Waals surface area (Å²) in [7, 11) is -4.89. The number of hydrogen-bond donors (Lipinski definition) is 7. The van der Waals surface area contributed by atoms with Crippen LogP contribution in [0.5, 0.6) is 0 Å². The van der Waals surface area contributed by atoms with Crippen LogP contribution >= 0.6 is 24.0 Å². The van der Waals surface area contributed by atoms with Gasteiger partial charge in [-0.3, -0.25) is 4.55 Å². The number of nitrogens with one attached hydrogen (secondary N) is 1. The number of oxime groups is 1. The highest BCUT2D eigenvalue weighted by atomic mass is 32.3. The molecule has 0 saturated carbocycles. The summed E-state index contributed by atoms with van der Waals surface area (Å²) in [5.74, 6) is 0. The number of thiocarbonyl (C=S) groups is 1. The molecule has 1 fully saturated rings. The smallest absolute Gasteiger partial charge is 0.394 e. The zero-order valence-electron chi connectivity index (χ0n) is 13.7. The monoisotopic (exact) mass is 448 g/mol. The van der Waals surface area contributed by atoms with Gasteiger partial charge in [-0.2, -0.15) is 8.42 Å². The van der Waals surface area contributed by atoms with Crippen molar-refractivity contribution in [3.63, 3.8) is 0 Å². The van der Waals surface area contributed by atoms with E-state index in [0.29, 0.717) is 11.8 Å². The molecule has 0 amide bonds. The Morgan fingerprint density at radius 2 is 1.96 bits per heavy atom. The molecule has 1 aliphatic rings. The lowest BCUT2D eigenvalue weighted by molar-refractivity contribution is -0.205. The zero-order chi connectivity index (χ0) is 21.2. The standard InChI is InChI=1S/C11H19NO10S2.CHNS/c1-2-5(14)3-7(12-22-24(18,19)20)23-11-10(17)9(16)8(15)6(4-13)21-11;2-1-3/h2,5-6,8-11,13-17H,1,3-4H2,(H,18,19,20);2H/t5-,6+,8+,9-,10+,11-;/m0./s1. The number of hydrogen-bond acceptors (Lipinski definition) is 13. The molecule has 15 heteroatoms. The van der Waals surface area contributed by atoms with Crippen molar-refractivity contribution in [2.45, 2.75) is 42.4 Å². The molecule has 0 aromatic rings. The summed E-state index contributed by atoms with van der Waals surface area (Å²) >= 11 is 4.38. The lowest BCUT2D eigenvalue weighted by Crippen LogP contribution is -2.57. The topological polar surface area (TPSA) is 210 Å². The molecule has 0 aromatic heterocycles. The van der Waals surface area contributed by atoms with E-state index in [1.165, 1.54) is 0 Å². The van der Waals surface area contributed by atoms with E-state index in [1.54, 1.807) is 5.16 Å². The first kappa shape index (κ1) is 26.0. The average Bonchev–Trinajstić information content (AvgIpc) is 2.59. The van der Waals surface area contributed by atoms with Gasteiger partial charge in [-0.25, -0.2) is 9.69 Å². The number of isothiocyanates is 1. The second-order valence-electron chi connectivity index (χ2n) is 4.91. The first-order chi connectivity index (χ1) is 12.5. The maximum atomic E-state index is 10.6. The fourth-order valence-corrected chi connectivity index (χ4v) is 3.10. The van der Waals surface area contributed by atoms with Crippen molar-refractivity contribution in [1.29, 1.82) is 5.41 Å². The summed E-state index contributed by atoms with van der Waals surface area (Å²) in [5, 5.41) is 58.2. The third-order valence-electron chi connectivity index (χ3n) is 2.99. The third-order valence-corrected chi connectivity index (χ3v) is 4.39. The molecular weight excluding hydrogens is 428 g/mol. The number of aliphatic hydroxyl groups is 5. The van der Waals surface area contributed by atoms with Crippen LogP contribution in [0.4, 0.5) is 0 Å². The van der Waals surface area contributed by atoms with Crippen molar-refractivity contribution in [1.82, 2.24) is 0 Å². The van der Waals surface area contributed by atoms with Crippen LogP contribution in [0.15, 0.2) is 17.8 Å². The Balaban J connectivity index is 0.00000210. The van der Waals surface area contributed by atoms with Gasteiger partial charge in [-0.15, -0.1) is 6.58 Å². The Morgan fingerprint density at radius 1 is 1.41 bits per heavy atom. The molecule has 0 radical (unpaired) electrons. The van der Waals surface area contributed by atoms with Gasteiger partial charge < -0.3 is 30.3 Å². The van der Waals surface area contributed by atoms with E-state index >= 15 is 0 Å². The lowest BCUT2D eigenvalue weighted by atomic mass is 10.0. The van der Waals surface area contributed by atoms with Crippen molar-refractivity contribution in [3.8, 4) is 0 Å². The maximum absolute atomic E-state index is 10.6. The minimum absolute atomic E-state index is 0.218. The molecule has 0 spiro atoms. The normalized spacial score (nSPS) is 29.7. The molecule has 0 bridgehead atoms. The molecule has 1 aliphatic heterocycles. The third kappa shape index (κ3) is 9.68. The van der Waals surface area contributed by atoms with Crippen molar-refractivity contribution >= 4 is 44.6 Å². The molecule has 27 heavy (non-hydrogen) atoms. The van der Waals surface area contributed by atoms with Gasteiger partial charge in [0.25, 0.3) is 0 Å². The highest BCUT2D eigenvalue weighted by Gasteiger charge is 2.44. The van der Waals surface area contributed by atoms with E-state index in [1.807, 2.05) is 0 Å². The summed E-state index contributed by atoms with van der Waals surface area (Å²) < 4.78 is 38.8. The number of nitrogens with zero attached hydrogens (tertiary/aromatic N) is 1. The Kier molecular flexibility index (Phi) is 12.0. The Bertz CT molecular complexity index is 635. The largest absolute Gasteiger partial charge is 0.466 e. The quantitative estimate of drug-likeness (QED) is 0.0577. The van der Waals surface area contributed by atoms with Gasteiger partial charge in [-0.1, -0.05) is 23.0 Å². The van der Waals surface area contributed by atoms with Gasteiger partial charge in [-0.05, 0) is 12.2 Å². The number of rotatable bonds is 7. The maximum Gasteiger partial charge on any atom is 0.466 e. The highest BCUT2D eigenvalue weighted by Crippen LogP contribution is 2.30.